The van der Waals surface area contributed by atoms with Crippen LogP contribution in [0.3, 0.4) is 0 Å². The van der Waals surface area contributed by atoms with Crippen molar-refractivity contribution >= 4 is 5.91 Å². The number of aromatic amines is 2. The number of H-pyrrole nitrogens is 2. The van der Waals surface area contributed by atoms with Gasteiger partial charge >= 0.3 is 0 Å². The zero-order chi connectivity index (χ0) is 14.0. The molecule has 0 aliphatic carbocycles. The lowest BCUT2D eigenvalue weighted by molar-refractivity contribution is 0.0770. The number of hydrogen-bond acceptors (Lipinski definition) is 4. The van der Waals surface area contributed by atoms with Crippen molar-refractivity contribution in [2.75, 3.05) is 7.05 Å². The van der Waals surface area contributed by atoms with Gasteiger partial charge in [-0.25, -0.2) is 9.97 Å². The Balaban J connectivity index is 2.09. The first kappa shape index (κ1) is 13.3. The van der Waals surface area contributed by atoms with Crippen LogP contribution in [0.4, 0.5) is 0 Å². The summed E-state index contributed by atoms with van der Waals surface area (Å²) < 4.78 is 0. The minimum atomic E-state index is -0.233. The average Bonchev–Trinajstić information content (AvgIpc) is 2.97. The number of aromatic nitrogens is 5. The molecule has 2 heterocycles. The SMILES string of the molecule is CN(Cc1ncc[nH]1)C(=O)c1n[nH]c(C(C)(C)C)n1. The molecule has 0 saturated heterocycles. The normalized spacial score (nSPS) is 11.6. The Hall–Kier alpha value is -2.18. The van der Waals surface area contributed by atoms with Gasteiger partial charge in [-0.2, -0.15) is 0 Å². The fraction of sp³-hybridized carbons (Fsp3) is 0.500. The summed E-state index contributed by atoms with van der Waals surface area (Å²) in [7, 11) is 1.69. The third kappa shape index (κ3) is 2.98. The van der Waals surface area contributed by atoms with Crippen molar-refractivity contribution in [3.05, 3.63) is 29.9 Å². The molecule has 1 amide bonds. The van der Waals surface area contributed by atoms with E-state index in [0.29, 0.717) is 12.4 Å². The summed E-state index contributed by atoms with van der Waals surface area (Å²) in [6.45, 7) is 6.42. The molecule has 7 nitrogen and oxygen atoms in total. The number of rotatable bonds is 3. The van der Waals surface area contributed by atoms with Crippen molar-refractivity contribution in [3.8, 4) is 0 Å². The quantitative estimate of drug-likeness (QED) is 0.866. The molecule has 2 aromatic rings. The van der Waals surface area contributed by atoms with E-state index in [1.54, 1.807) is 19.4 Å². The van der Waals surface area contributed by atoms with Crippen LogP contribution in [-0.2, 0) is 12.0 Å². The van der Waals surface area contributed by atoms with Crippen molar-refractivity contribution in [2.24, 2.45) is 0 Å². The monoisotopic (exact) mass is 262 g/mol. The van der Waals surface area contributed by atoms with E-state index in [1.165, 1.54) is 4.90 Å². The average molecular weight is 262 g/mol. The molecule has 2 rings (SSSR count). The molecule has 0 bridgehead atoms. The number of hydrogen-bond donors (Lipinski definition) is 2. The van der Waals surface area contributed by atoms with Crippen LogP contribution in [0, 0.1) is 0 Å². The third-order valence-electron chi connectivity index (χ3n) is 2.68. The Morgan fingerprint density at radius 2 is 2.16 bits per heavy atom. The first-order valence-corrected chi connectivity index (χ1v) is 6.04. The highest BCUT2D eigenvalue weighted by Crippen LogP contribution is 2.17. The highest BCUT2D eigenvalue weighted by Gasteiger charge is 2.23. The lowest BCUT2D eigenvalue weighted by atomic mass is 9.96. The van der Waals surface area contributed by atoms with Crippen molar-refractivity contribution in [3.63, 3.8) is 0 Å². The number of amides is 1. The van der Waals surface area contributed by atoms with Gasteiger partial charge in [-0.15, -0.1) is 5.10 Å². The molecule has 102 valence electrons. The second-order valence-corrected chi connectivity index (χ2v) is 5.45. The van der Waals surface area contributed by atoms with Crippen LogP contribution in [0.2, 0.25) is 0 Å². The van der Waals surface area contributed by atoms with Crippen LogP contribution in [0.15, 0.2) is 12.4 Å². The molecule has 0 radical (unpaired) electrons. The molecule has 0 spiro atoms. The molecule has 7 heteroatoms. The van der Waals surface area contributed by atoms with E-state index in [4.69, 9.17) is 0 Å². The van der Waals surface area contributed by atoms with E-state index >= 15 is 0 Å². The highest BCUT2D eigenvalue weighted by molar-refractivity contribution is 5.90. The van der Waals surface area contributed by atoms with Crippen molar-refractivity contribution in [2.45, 2.75) is 32.7 Å². The predicted octanol–water partition coefficient (Wildman–Crippen LogP) is 1.10. The van der Waals surface area contributed by atoms with Gasteiger partial charge in [0.05, 0.1) is 6.54 Å². The Kier molecular flexibility index (Phi) is 3.37. The van der Waals surface area contributed by atoms with E-state index in [9.17, 15) is 4.79 Å². The molecule has 2 aromatic heterocycles. The van der Waals surface area contributed by atoms with E-state index in [-0.39, 0.29) is 17.1 Å². The summed E-state index contributed by atoms with van der Waals surface area (Å²) in [5.41, 5.74) is -0.162. The molecule has 0 aliphatic rings. The summed E-state index contributed by atoms with van der Waals surface area (Å²) in [4.78, 5) is 24.9. The maximum Gasteiger partial charge on any atom is 0.293 e. The van der Waals surface area contributed by atoms with E-state index in [2.05, 4.69) is 25.1 Å². The smallest absolute Gasteiger partial charge is 0.293 e. The van der Waals surface area contributed by atoms with Crippen LogP contribution >= 0.6 is 0 Å². The molecule has 19 heavy (non-hydrogen) atoms. The molecular formula is C12H18N6O. The van der Waals surface area contributed by atoms with Gasteiger partial charge in [-0.3, -0.25) is 9.89 Å². The Bertz CT molecular complexity index is 551. The van der Waals surface area contributed by atoms with Gasteiger partial charge in [0.15, 0.2) is 0 Å². The molecule has 2 N–H and O–H groups in total. The Morgan fingerprint density at radius 3 is 2.68 bits per heavy atom. The van der Waals surface area contributed by atoms with Crippen molar-refractivity contribution < 1.29 is 4.79 Å². The van der Waals surface area contributed by atoms with Gasteiger partial charge in [-0.1, -0.05) is 20.8 Å². The fourth-order valence-electron chi connectivity index (χ4n) is 1.54. The summed E-state index contributed by atoms with van der Waals surface area (Å²) in [5.74, 6) is 1.37. The molecule has 0 unspecified atom stereocenters. The highest BCUT2D eigenvalue weighted by atomic mass is 16.2. The van der Waals surface area contributed by atoms with Gasteiger partial charge in [0.1, 0.15) is 11.6 Å². The zero-order valence-corrected chi connectivity index (χ0v) is 11.6. The van der Waals surface area contributed by atoms with Gasteiger partial charge in [0, 0.05) is 24.9 Å². The molecule has 0 fully saturated rings. The van der Waals surface area contributed by atoms with Crippen LogP contribution < -0.4 is 0 Å². The standard InChI is InChI=1S/C12H18N6O/c1-12(2,3)11-15-9(16-17-11)10(19)18(4)7-8-13-5-6-14-8/h5-6H,7H2,1-4H3,(H,13,14)(H,15,16,17). The summed E-state index contributed by atoms with van der Waals surface area (Å²) in [6.07, 6.45) is 3.37. The van der Waals surface area contributed by atoms with E-state index < -0.39 is 0 Å². The second kappa shape index (κ2) is 4.83. The van der Waals surface area contributed by atoms with Crippen LogP contribution in [0.5, 0.6) is 0 Å². The number of nitrogens with zero attached hydrogens (tertiary/aromatic N) is 4. The number of nitrogens with one attached hydrogen (secondary N) is 2. The van der Waals surface area contributed by atoms with Crippen LogP contribution in [0.1, 0.15) is 43.0 Å². The second-order valence-electron chi connectivity index (χ2n) is 5.45. The summed E-state index contributed by atoms with van der Waals surface area (Å²) in [6, 6.07) is 0. The van der Waals surface area contributed by atoms with Crippen molar-refractivity contribution in [1.29, 1.82) is 0 Å². The number of carbonyl (C=O) groups excluding carboxylic acids is 1. The van der Waals surface area contributed by atoms with E-state index in [0.717, 1.165) is 5.82 Å². The summed E-state index contributed by atoms with van der Waals surface area (Å²) in [5, 5.41) is 6.78. The molecular weight excluding hydrogens is 244 g/mol. The number of imidazole rings is 1. The van der Waals surface area contributed by atoms with Crippen molar-refractivity contribution in [1.82, 2.24) is 30.0 Å². The molecule has 0 aromatic carbocycles. The lowest BCUT2D eigenvalue weighted by Gasteiger charge is -2.14. The Labute approximate surface area is 111 Å². The number of carbonyl (C=O) groups is 1. The molecule has 0 aliphatic heterocycles. The topological polar surface area (TPSA) is 90.6 Å². The maximum absolute atomic E-state index is 12.2. The summed E-state index contributed by atoms with van der Waals surface area (Å²) >= 11 is 0. The van der Waals surface area contributed by atoms with Gasteiger partial charge in [0.2, 0.25) is 5.82 Å². The fourth-order valence-corrected chi connectivity index (χ4v) is 1.54. The predicted molar refractivity (Wildman–Crippen MR) is 69.5 cm³/mol. The third-order valence-corrected chi connectivity index (χ3v) is 2.68. The van der Waals surface area contributed by atoms with Crippen LogP contribution in [-0.4, -0.2) is 43.0 Å². The Morgan fingerprint density at radius 1 is 1.42 bits per heavy atom. The van der Waals surface area contributed by atoms with Gasteiger partial charge in [-0.05, 0) is 0 Å². The zero-order valence-electron chi connectivity index (χ0n) is 11.6. The minimum Gasteiger partial charge on any atom is -0.347 e. The first-order chi connectivity index (χ1) is 8.88. The van der Waals surface area contributed by atoms with Gasteiger partial charge in [0.25, 0.3) is 5.91 Å². The lowest BCUT2D eigenvalue weighted by Crippen LogP contribution is -2.27. The first-order valence-electron chi connectivity index (χ1n) is 6.04. The van der Waals surface area contributed by atoms with Crippen LogP contribution in [0.25, 0.3) is 0 Å². The van der Waals surface area contributed by atoms with E-state index in [1.807, 2.05) is 20.8 Å². The largest absolute Gasteiger partial charge is 0.347 e. The molecule has 0 atom stereocenters. The maximum atomic E-state index is 12.2. The molecule has 0 saturated carbocycles. The van der Waals surface area contributed by atoms with Gasteiger partial charge < -0.3 is 9.88 Å². The minimum absolute atomic E-state index is 0.162.